The van der Waals surface area contributed by atoms with E-state index in [9.17, 15) is 4.79 Å². The molecular weight excluding hydrogens is 172 g/mol. The van der Waals surface area contributed by atoms with Gasteiger partial charge in [0.2, 0.25) is 0 Å². The zero-order chi connectivity index (χ0) is 8.15. The molecule has 0 amide bonds. The molecular formula is C6H11ClO2S. The monoisotopic (exact) mass is 182 g/mol. The topological polar surface area (TPSA) is 37.3 Å². The van der Waals surface area contributed by atoms with Gasteiger partial charge in [0.05, 0.1) is 5.38 Å². The Labute approximate surface area is 69.9 Å². The van der Waals surface area contributed by atoms with Crippen LogP contribution in [0.25, 0.3) is 0 Å². The Morgan fingerprint density at radius 3 is 2.40 bits per heavy atom. The lowest BCUT2D eigenvalue weighted by Gasteiger charge is -2.11. The predicted molar refractivity (Wildman–Crippen MR) is 44.9 cm³/mol. The SMILES string of the molecule is CCSC(C(=O)O)C(C)Cl. The Hall–Kier alpha value is 0.110. The standard InChI is InChI=1S/C6H11ClO2S/c1-3-10-5(4(2)7)6(8)9/h4-5H,3H2,1-2H3,(H,8,9). The summed E-state index contributed by atoms with van der Waals surface area (Å²) in [6.45, 7) is 3.61. The number of aliphatic carboxylic acids is 1. The van der Waals surface area contributed by atoms with Gasteiger partial charge in [0.1, 0.15) is 5.25 Å². The van der Waals surface area contributed by atoms with Crippen LogP contribution in [-0.4, -0.2) is 27.5 Å². The average Bonchev–Trinajstić information content (AvgIpc) is 1.81. The number of carbonyl (C=O) groups is 1. The van der Waals surface area contributed by atoms with E-state index in [-0.39, 0.29) is 5.38 Å². The summed E-state index contributed by atoms with van der Waals surface area (Å²) >= 11 is 6.98. The number of hydrogen-bond donors (Lipinski definition) is 1. The van der Waals surface area contributed by atoms with Gasteiger partial charge in [0.15, 0.2) is 0 Å². The summed E-state index contributed by atoms with van der Waals surface area (Å²) in [7, 11) is 0. The molecule has 4 heteroatoms. The maximum Gasteiger partial charge on any atom is 0.318 e. The van der Waals surface area contributed by atoms with Gasteiger partial charge in [-0.1, -0.05) is 6.92 Å². The number of carboxylic acid groups (broad SMARTS) is 1. The van der Waals surface area contributed by atoms with Gasteiger partial charge in [-0.3, -0.25) is 4.79 Å². The second-order valence-electron chi connectivity index (χ2n) is 1.89. The molecule has 60 valence electrons. The fourth-order valence-corrected chi connectivity index (χ4v) is 1.67. The van der Waals surface area contributed by atoms with Crippen molar-refractivity contribution in [2.24, 2.45) is 0 Å². The minimum Gasteiger partial charge on any atom is -0.480 e. The highest BCUT2D eigenvalue weighted by molar-refractivity contribution is 8.00. The fraction of sp³-hybridized carbons (Fsp3) is 0.833. The van der Waals surface area contributed by atoms with Gasteiger partial charge in [-0.2, -0.15) is 0 Å². The first-order valence-corrected chi connectivity index (χ1v) is 4.56. The summed E-state index contributed by atoms with van der Waals surface area (Å²) in [5.74, 6) is -0.0389. The van der Waals surface area contributed by atoms with Crippen LogP contribution in [0.15, 0.2) is 0 Å². The molecule has 0 spiro atoms. The van der Waals surface area contributed by atoms with Crippen molar-refractivity contribution in [1.29, 1.82) is 0 Å². The molecule has 0 aromatic rings. The molecule has 0 aliphatic heterocycles. The summed E-state index contributed by atoms with van der Waals surface area (Å²) in [5.41, 5.74) is 0. The number of thioether (sulfide) groups is 1. The zero-order valence-electron chi connectivity index (χ0n) is 6.00. The van der Waals surface area contributed by atoms with Gasteiger partial charge in [-0.25, -0.2) is 0 Å². The van der Waals surface area contributed by atoms with Crippen LogP contribution in [0.3, 0.4) is 0 Å². The molecule has 2 nitrogen and oxygen atoms in total. The Morgan fingerprint density at radius 2 is 2.30 bits per heavy atom. The molecule has 0 saturated carbocycles. The Bertz CT molecular complexity index is 116. The molecule has 0 aromatic carbocycles. The van der Waals surface area contributed by atoms with Crippen LogP contribution in [0.4, 0.5) is 0 Å². The van der Waals surface area contributed by atoms with Crippen LogP contribution in [0.1, 0.15) is 13.8 Å². The van der Waals surface area contributed by atoms with E-state index < -0.39 is 11.2 Å². The van der Waals surface area contributed by atoms with E-state index in [1.54, 1.807) is 6.92 Å². The molecule has 0 saturated heterocycles. The molecule has 0 aliphatic carbocycles. The molecule has 0 fully saturated rings. The number of hydrogen-bond acceptors (Lipinski definition) is 2. The van der Waals surface area contributed by atoms with Crippen LogP contribution in [-0.2, 0) is 4.79 Å². The van der Waals surface area contributed by atoms with Crippen molar-refractivity contribution in [2.45, 2.75) is 24.5 Å². The third-order valence-electron chi connectivity index (χ3n) is 1.01. The van der Waals surface area contributed by atoms with Crippen molar-refractivity contribution in [3.8, 4) is 0 Å². The van der Waals surface area contributed by atoms with Crippen molar-refractivity contribution in [1.82, 2.24) is 0 Å². The second-order valence-corrected chi connectivity index (χ2v) is 4.00. The normalized spacial score (nSPS) is 16.3. The highest BCUT2D eigenvalue weighted by atomic mass is 35.5. The number of carboxylic acids is 1. The first-order valence-electron chi connectivity index (χ1n) is 3.08. The van der Waals surface area contributed by atoms with Crippen molar-refractivity contribution in [2.75, 3.05) is 5.75 Å². The minimum atomic E-state index is -0.825. The van der Waals surface area contributed by atoms with E-state index >= 15 is 0 Å². The Balaban J connectivity index is 3.85. The van der Waals surface area contributed by atoms with Crippen LogP contribution in [0.2, 0.25) is 0 Å². The van der Waals surface area contributed by atoms with E-state index in [2.05, 4.69) is 0 Å². The summed E-state index contributed by atoms with van der Waals surface area (Å²) in [6.07, 6.45) is 0. The minimum absolute atomic E-state index is 0.303. The summed E-state index contributed by atoms with van der Waals surface area (Å²) in [5, 5.41) is 7.80. The van der Waals surface area contributed by atoms with E-state index in [0.717, 1.165) is 5.75 Å². The smallest absolute Gasteiger partial charge is 0.318 e. The van der Waals surface area contributed by atoms with E-state index in [0.29, 0.717) is 0 Å². The molecule has 0 bridgehead atoms. The van der Waals surface area contributed by atoms with Crippen molar-refractivity contribution in [3.05, 3.63) is 0 Å². The Morgan fingerprint density at radius 1 is 1.80 bits per heavy atom. The Kier molecular flexibility index (Phi) is 4.91. The molecule has 1 N–H and O–H groups in total. The first kappa shape index (κ1) is 10.1. The summed E-state index contributed by atoms with van der Waals surface area (Å²) in [4.78, 5) is 10.4. The van der Waals surface area contributed by atoms with Gasteiger partial charge in [0.25, 0.3) is 0 Å². The third-order valence-corrected chi connectivity index (χ3v) is 2.71. The number of rotatable bonds is 4. The highest BCUT2D eigenvalue weighted by Crippen LogP contribution is 2.18. The third kappa shape index (κ3) is 3.32. The fourth-order valence-electron chi connectivity index (χ4n) is 0.580. The number of halogens is 1. The van der Waals surface area contributed by atoms with Gasteiger partial charge in [0, 0.05) is 0 Å². The van der Waals surface area contributed by atoms with Crippen LogP contribution >= 0.6 is 23.4 Å². The van der Waals surface area contributed by atoms with Crippen LogP contribution in [0, 0.1) is 0 Å². The van der Waals surface area contributed by atoms with Crippen molar-refractivity contribution < 1.29 is 9.90 Å². The molecule has 0 rings (SSSR count). The van der Waals surface area contributed by atoms with Crippen molar-refractivity contribution in [3.63, 3.8) is 0 Å². The van der Waals surface area contributed by atoms with Gasteiger partial charge in [-0.15, -0.1) is 23.4 Å². The van der Waals surface area contributed by atoms with Gasteiger partial charge < -0.3 is 5.11 Å². The molecule has 2 unspecified atom stereocenters. The van der Waals surface area contributed by atoms with Crippen molar-refractivity contribution >= 4 is 29.3 Å². The maximum absolute atomic E-state index is 10.4. The second kappa shape index (κ2) is 4.85. The summed E-state index contributed by atoms with van der Waals surface area (Å²) in [6, 6.07) is 0. The average molecular weight is 183 g/mol. The molecule has 0 heterocycles. The maximum atomic E-state index is 10.4. The lowest BCUT2D eigenvalue weighted by atomic mass is 10.3. The summed E-state index contributed by atoms with van der Waals surface area (Å²) < 4.78 is 0. The molecule has 10 heavy (non-hydrogen) atoms. The zero-order valence-corrected chi connectivity index (χ0v) is 7.58. The van der Waals surface area contributed by atoms with Gasteiger partial charge >= 0.3 is 5.97 Å². The predicted octanol–water partition coefficient (Wildman–Crippen LogP) is 1.82. The number of alkyl halides is 1. The largest absolute Gasteiger partial charge is 0.480 e. The lowest BCUT2D eigenvalue weighted by molar-refractivity contribution is -0.136. The van der Waals surface area contributed by atoms with Crippen LogP contribution in [0.5, 0.6) is 0 Å². The highest BCUT2D eigenvalue weighted by Gasteiger charge is 2.22. The molecule has 2 atom stereocenters. The van der Waals surface area contributed by atoms with Gasteiger partial charge in [-0.05, 0) is 12.7 Å². The van der Waals surface area contributed by atoms with E-state index in [1.165, 1.54) is 11.8 Å². The molecule has 0 radical (unpaired) electrons. The van der Waals surface area contributed by atoms with Crippen LogP contribution < -0.4 is 0 Å². The molecule has 0 aliphatic rings. The van der Waals surface area contributed by atoms with E-state index in [1.807, 2.05) is 6.92 Å². The molecule has 0 aromatic heterocycles. The lowest BCUT2D eigenvalue weighted by Crippen LogP contribution is -2.24. The van der Waals surface area contributed by atoms with E-state index in [4.69, 9.17) is 16.7 Å². The quantitative estimate of drug-likeness (QED) is 0.674. The first-order chi connectivity index (χ1) is 4.59.